The van der Waals surface area contributed by atoms with Crippen LogP contribution in [0.1, 0.15) is 18.4 Å². The number of amides is 1. The first-order valence-electron chi connectivity index (χ1n) is 8.73. The largest absolute Gasteiger partial charge is 0.476 e. The molecule has 0 radical (unpaired) electrons. The smallest absolute Gasteiger partial charge is 0.406 e. The number of nitro groups is 1. The molecule has 1 saturated heterocycles. The molecule has 0 unspecified atom stereocenters. The fourth-order valence-electron chi connectivity index (χ4n) is 3.22. The number of benzene rings is 1. The molecule has 1 aromatic carbocycles. The molecule has 0 spiro atoms. The van der Waals surface area contributed by atoms with Crippen LogP contribution in [0.4, 0.5) is 5.82 Å². The minimum absolute atomic E-state index is 0.0264. The number of ether oxygens (including phenoxy) is 2. The van der Waals surface area contributed by atoms with Gasteiger partial charge in [0, 0.05) is 25.2 Å². The fourth-order valence-corrected chi connectivity index (χ4v) is 3.22. The average Bonchev–Trinajstić information content (AvgIpc) is 2.72. The summed E-state index contributed by atoms with van der Waals surface area (Å²) in [5.74, 6) is -0.771. The van der Waals surface area contributed by atoms with Crippen LogP contribution in [0.5, 0.6) is 5.75 Å². The number of carbonyl (C=O) groups is 1. The SMILES string of the molecule is O=C(COc1cccnc1[N+](=O)[O-])NCC1(c2ccccc2)CCOCC1. The van der Waals surface area contributed by atoms with E-state index in [1.54, 1.807) is 0 Å². The second kappa shape index (κ2) is 8.59. The second-order valence-electron chi connectivity index (χ2n) is 6.41. The topological polar surface area (TPSA) is 104 Å². The number of hydrogen-bond donors (Lipinski definition) is 1. The Morgan fingerprint density at radius 1 is 1.22 bits per heavy atom. The Hall–Kier alpha value is -3.00. The predicted molar refractivity (Wildman–Crippen MR) is 97.6 cm³/mol. The van der Waals surface area contributed by atoms with E-state index >= 15 is 0 Å². The van der Waals surface area contributed by atoms with Gasteiger partial charge in [0.05, 0.1) is 0 Å². The normalized spacial score (nSPS) is 15.7. The van der Waals surface area contributed by atoms with Gasteiger partial charge in [-0.05, 0) is 40.4 Å². The fraction of sp³-hybridized carbons (Fsp3) is 0.368. The molecule has 27 heavy (non-hydrogen) atoms. The van der Waals surface area contributed by atoms with E-state index in [0.29, 0.717) is 19.8 Å². The highest BCUT2D eigenvalue weighted by Crippen LogP contribution is 2.34. The number of nitrogens with one attached hydrogen (secondary N) is 1. The van der Waals surface area contributed by atoms with Gasteiger partial charge >= 0.3 is 5.82 Å². The van der Waals surface area contributed by atoms with E-state index < -0.39 is 10.7 Å². The Kier molecular flexibility index (Phi) is 5.97. The molecule has 1 N–H and O–H groups in total. The van der Waals surface area contributed by atoms with Gasteiger partial charge < -0.3 is 24.9 Å². The van der Waals surface area contributed by atoms with Gasteiger partial charge in [-0.1, -0.05) is 30.3 Å². The molecule has 0 bridgehead atoms. The van der Waals surface area contributed by atoms with E-state index in [2.05, 4.69) is 22.4 Å². The van der Waals surface area contributed by atoms with Crippen molar-refractivity contribution in [2.24, 2.45) is 0 Å². The van der Waals surface area contributed by atoms with Gasteiger partial charge in [-0.25, -0.2) is 0 Å². The van der Waals surface area contributed by atoms with Crippen LogP contribution < -0.4 is 10.1 Å². The maximum Gasteiger partial charge on any atom is 0.406 e. The van der Waals surface area contributed by atoms with Crippen LogP contribution in [-0.2, 0) is 14.9 Å². The quantitative estimate of drug-likeness (QED) is 0.591. The van der Waals surface area contributed by atoms with Crippen molar-refractivity contribution in [3.05, 3.63) is 64.3 Å². The van der Waals surface area contributed by atoms with E-state index in [4.69, 9.17) is 9.47 Å². The lowest BCUT2D eigenvalue weighted by molar-refractivity contribution is -0.390. The minimum atomic E-state index is -0.639. The molecule has 3 rings (SSSR count). The lowest BCUT2D eigenvalue weighted by Crippen LogP contribution is -2.45. The Labute approximate surface area is 156 Å². The summed E-state index contributed by atoms with van der Waals surface area (Å²) < 4.78 is 10.8. The monoisotopic (exact) mass is 371 g/mol. The summed E-state index contributed by atoms with van der Waals surface area (Å²) in [6.07, 6.45) is 2.93. The van der Waals surface area contributed by atoms with Gasteiger partial charge in [0.25, 0.3) is 5.91 Å². The van der Waals surface area contributed by atoms with E-state index in [-0.39, 0.29) is 23.7 Å². The third kappa shape index (κ3) is 4.59. The van der Waals surface area contributed by atoms with Crippen molar-refractivity contribution in [2.45, 2.75) is 18.3 Å². The zero-order chi connectivity index (χ0) is 19.1. The standard InChI is InChI=1S/C19H21N3O5/c23-17(13-27-16-7-4-10-20-18(16)22(24)25)21-14-19(8-11-26-12-9-19)15-5-2-1-3-6-15/h1-7,10H,8-9,11-14H2,(H,21,23). The number of rotatable bonds is 7. The molecule has 8 heteroatoms. The van der Waals surface area contributed by atoms with Crippen molar-refractivity contribution in [3.63, 3.8) is 0 Å². The van der Waals surface area contributed by atoms with Crippen LogP contribution >= 0.6 is 0 Å². The first-order valence-corrected chi connectivity index (χ1v) is 8.73. The summed E-state index contributed by atoms with van der Waals surface area (Å²) >= 11 is 0. The Balaban J connectivity index is 1.61. The van der Waals surface area contributed by atoms with Gasteiger partial charge in [0.1, 0.15) is 6.20 Å². The Bertz CT molecular complexity index is 791. The van der Waals surface area contributed by atoms with Gasteiger partial charge in [-0.3, -0.25) is 4.79 Å². The van der Waals surface area contributed by atoms with E-state index in [0.717, 1.165) is 18.4 Å². The summed E-state index contributed by atoms with van der Waals surface area (Å²) in [6, 6.07) is 13.0. The number of nitrogens with zero attached hydrogens (tertiary/aromatic N) is 2. The van der Waals surface area contributed by atoms with Crippen molar-refractivity contribution in [1.82, 2.24) is 10.3 Å². The highest BCUT2D eigenvalue weighted by atomic mass is 16.6. The number of carbonyl (C=O) groups excluding carboxylic acids is 1. The summed E-state index contributed by atoms with van der Waals surface area (Å²) in [4.78, 5) is 26.2. The van der Waals surface area contributed by atoms with Crippen molar-refractivity contribution >= 4 is 11.7 Å². The van der Waals surface area contributed by atoms with E-state index in [1.807, 2.05) is 18.2 Å². The molecule has 2 aromatic rings. The maximum atomic E-state index is 12.3. The number of hydrogen-bond acceptors (Lipinski definition) is 6. The highest BCUT2D eigenvalue weighted by Gasteiger charge is 2.34. The molecule has 8 nitrogen and oxygen atoms in total. The van der Waals surface area contributed by atoms with Crippen LogP contribution in [0, 0.1) is 10.1 Å². The summed E-state index contributed by atoms with van der Waals surface area (Å²) in [5.41, 5.74) is 0.979. The molecule has 1 amide bonds. The number of pyridine rings is 1. The van der Waals surface area contributed by atoms with Crippen molar-refractivity contribution < 1.29 is 19.2 Å². The molecule has 1 fully saturated rings. The van der Waals surface area contributed by atoms with Gasteiger partial charge in [0.15, 0.2) is 6.61 Å². The lowest BCUT2D eigenvalue weighted by Gasteiger charge is -2.38. The Morgan fingerprint density at radius 3 is 2.67 bits per heavy atom. The van der Waals surface area contributed by atoms with Crippen LogP contribution in [0.3, 0.4) is 0 Å². The maximum absolute atomic E-state index is 12.3. The van der Waals surface area contributed by atoms with Crippen LogP contribution in [0.2, 0.25) is 0 Å². The van der Waals surface area contributed by atoms with E-state index in [9.17, 15) is 14.9 Å². The van der Waals surface area contributed by atoms with Crippen molar-refractivity contribution in [3.8, 4) is 5.75 Å². The molecule has 142 valence electrons. The van der Waals surface area contributed by atoms with Gasteiger partial charge in [-0.2, -0.15) is 0 Å². The predicted octanol–water partition coefficient (Wildman–Crippen LogP) is 2.23. The first kappa shape index (κ1) is 18.8. The molecule has 0 atom stereocenters. The van der Waals surface area contributed by atoms with Crippen molar-refractivity contribution in [1.29, 1.82) is 0 Å². The lowest BCUT2D eigenvalue weighted by atomic mass is 9.74. The molecule has 0 saturated carbocycles. The molecule has 1 aromatic heterocycles. The minimum Gasteiger partial charge on any atom is -0.476 e. The second-order valence-corrected chi connectivity index (χ2v) is 6.41. The zero-order valence-electron chi connectivity index (χ0n) is 14.8. The molecule has 2 heterocycles. The molecule has 0 aliphatic carbocycles. The van der Waals surface area contributed by atoms with Crippen LogP contribution in [0.15, 0.2) is 48.7 Å². The van der Waals surface area contributed by atoms with Gasteiger partial charge in [-0.15, -0.1) is 0 Å². The van der Waals surface area contributed by atoms with E-state index in [1.165, 1.54) is 18.3 Å². The average molecular weight is 371 g/mol. The molecule has 1 aliphatic heterocycles. The van der Waals surface area contributed by atoms with Crippen LogP contribution in [-0.4, -0.2) is 42.2 Å². The zero-order valence-corrected chi connectivity index (χ0v) is 14.8. The summed E-state index contributed by atoms with van der Waals surface area (Å²) in [6.45, 7) is 1.43. The molecular weight excluding hydrogens is 350 g/mol. The van der Waals surface area contributed by atoms with Gasteiger partial charge in [0.2, 0.25) is 5.75 Å². The third-order valence-corrected chi connectivity index (χ3v) is 4.74. The van der Waals surface area contributed by atoms with Crippen molar-refractivity contribution in [2.75, 3.05) is 26.4 Å². The third-order valence-electron chi connectivity index (χ3n) is 4.74. The molecular formula is C19H21N3O5. The highest BCUT2D eigenvalue weighted by molar-refractivity contribution is 5.77. The van der Waals surface area contributed by atoms with Crippen LogP contribution in [0.25, 0.3) is 0 Å². The molecule has 1 aliphatic rings. The summed E-state index contributed by atoms with van der Waals surface area (Å²) in [5, 5.41) is 13.8. The Morgan fingerprint density at radius 2 is 1.96 bits per heavy atom. The number of aromatic nitrogens is 1. The summed E-state index contributed by atoms with van der Waals surface area (Å²) in [7, 11) is 0. The first-order chi connectivity index (χ1) is 13.1.